The molecule has 1 heterocycles. The van der Waals surface area contributed by atoms with Crippen LogP contribution in [0.15, 0.2) is 82.4 Å². The topological polar surface area (TPSA) is 78.7 Å². The predicted molar refractivity (Wildman–Crippen MR) is 116 cm³/mol. The van der Waals surface area contributed by atoms with Crippen LogP contribution in [0.5, 0.6) is 0 Å². The summed E-state index contributed by atoms with van der Waals surface area (Å²) < 4.78 is 5.12. The minimum Gasteiger partial charge on any atom is -0.459 e. The fourth-order valence-corrected chi connectivity index (χ4v) is 2.92. The molecule has 0 fully saturated rings. The molecule has 2 aromatic carbocycles. The molecule has 0 bridgehead atoms. The van der Waals surface area contributed by atoms with Crippen LogP contribution in [0.1, 0.15) is 34.5 Å². The maximum atomic E-state index is 12.1. The quantitative estimate of drug-likeness (QED) is 0.421. The van der Waals surface area contributed by atoms with Gasteiger partial charge in [-0.25, -0.2) is 0 Å². The van der Waals surface area contributed by atoms with Crippen LogP contribution in [0.2, 0.25) is 0 Å². The summed E-state index contributed by atoms with van der Waals surface area (Å²) >= 11 is 0. The normalized spacial score (nSPS) is 12.3. The van der Waals surface area contributed by atoms with E-state index in [2.05, 4.69) is 52.1 Å². The second kappa shape index (κ2) is 10.1. The number of carbonyl (C=O) groups is 1. The number of nitrogens with zero attached hydrogens (tertiary/aromatic N) is 1. The molecule has 29 heavy (non-hydrogen) atoms. The Bertz CT molecular complexity index is 937. The number of hydrogen-bond acceptors (Lipinski definition) is 3. The van der Waals surface area contributed by atoms with Crippen molar-refractivity contribution in [1.82, 2.24) is 10.6 Å². The SMILES string of the molecule is CN=C(NCc1cccc(NC(=O)c2ccco2)c1)NCC(C)c1ccccc1. The molecule has 6 heteroatoms. The Balaban J connectivity index is 1.51. The molecule has 0 aliphatic heterocycles. The summed E-state index contributed by atoms with van der Waals surface area (Å²) in [5, 5.41) is 9.51. The van der Waals surface area contributed by atoms with Crippen LogP contribution in [0, 0.1) is 0 Å². The van der Waals surface area contributed by atoms with Crippen LogP contribution in [-0.2, 0) is 6.54 Å². The molecule has 1 unspecified atom stereocenters. The molecular weight excluding hydrogens is 364 g/mol. The van der Waals surface area contributed by atoms with Crippen LogP contribution in [0.4, 0.5) is 5.69 Å². The number of amides is 1. The van der Waals surface area contributed by atoms with Gasteiger partial charge in [0.25, 0.3) is 5.91 Å². The maximum absolute atomic E-state index is 12.1. The van der Waals surface area contributed by atoms with Crippen molar-refractivity contribution in [2.75, 3.05) is 18.9 Å². The average Bonchev–Trinajstić information content (AvgIpc) is 3.30. The molecule has 0 saturated carbocycles. The van der Waals surface area contributed by atoms with Gasteiger partial charge >= 0.3 is 0 Å². The fraction of sp³-hybridized carbons (Fsp3) is 0.217. The standard InChI is InChI=1S/C23H26N4O2/c1-17(19-9-4-3-5-10-19)15-25-23(24-2)26-16-18-8-6-11-20(14-18)27-22(28)21-12-7-13-29-21/h3-14,17H,15-16H2,1-2H3,(H,27,28)(H2,24,25,26). The Hall–Kier alpha value is -3.54. The number of guanidine groups is 1. The van der Waals surface area contributed by atoms with E-state index in [1.54, 1.807) is 19.2 Å². The largest absolute Gasteiger partial charge is 0.459 e. The smallest absolute Gasteiger partial charge is 0.291 e. The first-order valence-electron chi connectivity index (χ1n) is 9.59. The van der Waals surface area contributed by atoms with Crippen molar-refractivity contribution >= 4 is 17.6 Å². The Labute approximate surface area is 171 Å². The molecule has 0 aliphatic carbocycles. The van der Waals surface area contributed by atoms with Gasteiger partial charge in [0.2, 0.25) is 0 Å². The van der Waals surface area contributed by atoms with E-state index in [1.807, 2.05) is 30.3 Å². The van der Waals surface area contributed by atoms with Gasteiger partial charge in [0.05, 0.1) is 6.26 Å². The number of hydrogen-bond donors (Lipinski definition) is 3. The summed E-state index contributed by atoms with van der Waals surface area (Å²) in [6.45, 7) is 3.55. The molecule has 0 saturated heterocycles. The van der Waals surface area contributed by atoms with Crippen LogP contribution >= 0.6 is 0 Å². The average molecular weight is 390 g/mol. The second-order valence-electron chi connectivity index (χ2n) is 6.75. The van der Waals surface area contributed by atoms with E-state index in [0.29, 0.717) is 18.2 Å². The van der Waals surface area contributed by atoms with E-state index in [0.717, 1.165) is 18.1 Å². The third-order valence-electron chi connectivity index (χ3n) is 4.56. The molecule has 1 amide bonds. The molecule has 150 valence electrons. The van der Waals surface area contributed by atoms with Gasteiger partial charge < -0.3 is 20.4 Å². The second-order valence-corrected chi connectivity index (χ2v) is 6.75. The van der Waals surface area contributed by atoms with Crippen molar-refractivity contribution in [2.45, 2.75) is 19.4 Å². The first-order chi connectivity index (χ1) is 14.2. The van der Waals surface area contributed by atoms with E-state index in [4.69, 9.17) is 4.42 Å². The first kappa shape index (κ1) is 20.2. The van der Waals surface area contributed by atoms with Crippen LogP contribution in [0.3, 0.4) is 0 Å². The number of benzene rings is 2. The Morgan fingerprint density at radius 2 is 1.86 bits per heavy atom. The lowest BCUT2D eigenvalue weighted by atomic mass is 10.0. The van der Waals surface area contributed by atoms with Crippen molar-refractivity contribution in [3.63, 3.8) is 0 Å². The van der Waals surface area contributed by atoms with E-state index >= 15 is 0 Å². The van der Waals surface area contributed by atoms with Gasteiger partial charge in [-0.1, -0.05) is 49.4 Å². The molecule has 3 rings (SSSR count). The van der Waals surface area contributed by atoms with Crippen LogP contribution < -0.4 is 16.0 Å². The van der Waals surface area contributed by atoms with Gasteiger partial charge in [0, 0.05) is 25.8 Å². The third kappa shape index (κ3) is 5.97. The minimum atomic E-state index is -0.271. The highest BCUT2D eigenvalue weighted by Gasteiger charge is 2.09. The van der Waals surface area contributed by atoms with Gasteiger partial charge in [-0.3, -0.25) is 9.79 Å². The lowest BCUT2D eigenvalue weighted by Gasteiger charge is -2.16. The number of carbonyl (C=O) groups excluding carboxylic acids is 1. The zero-order valence-electron chi connectivity index (χ0n) is 16.7. The summed E-state index contributed by atoms with van der Waals surface area (Å²) in [7, 11) is 1.75. The van der Waals surface area contributed by atoms with Crippen molar-refractivity contribution in [3.8, 4) is 0 Å². The minimum absolute atomic E-state index is 0.271. The van der Waals surface area contributed by atoms with Crippen molar-refractivity contribution < 1.29 is 9.21 Å². The fourth-order valence-electron chi connectivity index (χ4n) is 2.92. The third-order valence-corrected chi connectivity index (χ3v) is 4.56. The predicted octanol–water partition coefficient (Wildman–Crippen LogP) is 4.00. The zero-order chi connectivity index (χ0) is 20.5. The lowest BCUT2D eigenvalue weighted by molar-refractivity contribution is 0.0996. The number of nitrogens with one attached hydrogen (secondary N) is 3. The summed E-state index contributed by atoms with van der Waals surface area (Å²) in [5.41, 5.74) is 3.03. The monoisotopic (exact) mass is 390 g/mol. The van der Waals surface area contributed by atoms with E-state index in [-0.39, 0.29) is 11.7 Å². The van der Waals surface area contributed by atoms with Gasteiger partial charge in [-0.15, -0.1) is 0 Å². The Morgan fingerprint density at radius 1 is 1.03 bits per heavy atom. The molecule has 0 radical (unpaired) electrons. The highest BCUT2D eigenvalue weighted by atomic mass is 16.3. The zero-order valence-corrected chi connectivity index (χ0v) is 16.7. The Kier molecular flexibility index (Phi) is 7.05. The van der Waals surface area contributed by atoms with Crippen LogP contribution in [0.25, 0.3) is 0 Å². The molecular formula is C23H26N4O2. The van der Waals surface area contributed by atoms with E-state index < -0.39 is 0 Å². The number of furan rings is 1. The number of aliphatic imine (C=N–C) groups is 1. The van der Waals surface area contributed by atoms with E-state index in [9.17, 15) is 4.79 Å². The molecule has 3 N–H and O–H groups in total. The van der Waals surface area contributed by atoms with Gasteiger partial charge in [-0.05, 0) is 41.3 Å². The molecule has 0 spiro atoms. The van der Waals surface area contributed by atoms with Crippen LogP contribution in [-0.4, -0.2) is 25.5 Å². The Morgan fingerprint density at radius 3 is 2.59 bits per heavy atom. The summed E-state index contributed by atoms with van der Waals surface area (Å²) in [6, 6.07) is 21.4. The highest BCUT2D eigenvalue weighted by Crippen LogP contribution is 2.14. The van der Waals surface area contributed by atoms with Gasteiger partial charge in [-0.2, -0.15) is 0 Å². The van der Waals surface area contributed by atoms with E-state index in [1.165, 1.54) is 11.8 Å². The molecule has 6 nitrogen and oxygen atoms in total. The van der Waals surface area contributed by atoms with Crippen molar-refractivity contribution in [3.05, 3.63) is 89.9 Å². The maximum Gasteiger partial charge on any atom is 0.291 e. The highest BCUT2D eigenvalue weighted by molar-refractivity contribution is 6.02. The molecule has 1 atom stereocenters. The molecule has 1 aromatic heterocycles. The first-order valence-corrected chi connectivity index (χ1v) is 9.59. The van der Waals surface area contributed by atoms with Gasteiger partial charge in [0.1, 0.15) is 0 Å². The van der Waals surface area contributed by atoms with Gasteiger partial charge in [0.15, 0.2) is 11.7 Å². The number of rotatable bonds is 7. The molecule has 3 aromatic rings. The summed E-state index contributed by atoms with van der Waals surface area (Å²) in [5.74, 6) is 1.12. The number of anilines is 1. The van der Waals surface area contributed by atoms with Crippen molar-refractivity contribution in [1.29, 1.82) is 0 Å². The van der Waals surface area contributed by atoms with Crippen molar-refractivity contribution in [2.24, 2.45) is 4.99 Å². The molecule has 0 aliphatic rings. The summed E-state index contributed by atoms with van der Waals surface area (Å²) in [4.78, 5) is 16.4. The summed E-state index contributed by atoms with van der Waals surface area (Å²) in [6.07, 6.45) is 1.48. The lowest BCUT2D eigenvalue weighted by Crippen LogP contribution is -2.38.